The molecule has 2 amide bonds. The van der Waals surface area contributed by atoms with Crippen LogP contribution in [-0.4, -0.2) is 62.7 Å². The van der Waals surface area contributed by atoms with Gasteiger partial charge >= 0.3 is 5.97 Å². The average molecular weight is 777 g/mol. The van der Waals surface area contributed by atoms with Gasteiger partial charge in [0.25, 0.3) is 0 Å². The van der Waals surface area contributed by atoms with Gasteiger partial charge in [0, 0.05) is 43.7 Å². The fourth-order valence-corrected chi connectivity index (χ4v) is 6.97. The zero-order valence-corrected chi connectivity index (χ0v) is 33.4. The maximum absolute atomic E-state index is 14.4. The van der Waals surface area contributed by atoms with Crippen LogP contribution in [0.4, 0.5) is 0 Å². The highest BCUT2D eigenvalue weighted by atomic mass is 16.4. The van der Waals surface area contributed by atoms with Gasteiger partial charge in [-0.15, -0.1) is 0 Å². The standard InChI is InChI=1S/C47H56N2O8/c1-5-7-9-11-38(30-42(52)36-20-18-35(19-21-36)34-16-12-32(13-17-34)10-8-6-2)46(55)49(4)44(37-22-26-40(51)27-23-37)43(53)28-31(3)45(54)48-41(47(56)57)29-33-14-24-39(50)25-15-33/h12-27,31,38,41,44,50-51H,5-11,28-30H2,1-4H3,(H,48,54)(H,56,57)/t31-,38-,41+,44+/m1/s1. The second kappa shape index (κ2) is 21.5. The molecule has 10 nitrogen and oxygen atoms in total. The van der Waals surface area contributed by atoms with Crippen LogP contribution >= 0.6 is 0 Å². The van der Waals surface area contributed by atoms with Crippen LogP contribution < -0.4 is 5.32 Å². The molecule has 4 aromatic carbocycles. The number of carboxylic acids is 1. The Morgan fingerprint density at radius 2 is 1.23 bits per heavy atom. The molecule has 0 aliphatic carbocycles. The molecule has 4 N–H and O–H groups in total. The van der Waals surface area contributed by atoms with Crippen LogP contribution in [0.2, 0.25) is 0 Å². The van der Waals surface area contributed by atoms with Crippen LogP contribution in [0.15, 0.2) is 97.1 Å². The summed E-state index contributed by atoms with van der Waals surface area (Å²) >= 11 is 0. The van der Waals surface area contributed by atoms with Crippen molar-refractivity contribution >= 4 is 29.4 Å². The molecule has 57 heavy (non-hydrogen) atoms. The quantitative estimate of drug-likeness (QED) is 0.0457. The number of rotatable bonds is 22. The number of carbonyl (C=O) groups is 5. The molecule has 4 aromatic rings. The predicted octanol–water partition coefficient (Wildman–Crippen LogP) is 8.48. The minimum absolute atomic E-state index is 0.0250. The van der Waals surface area contributed by atoms with Gasteiger partial charge in [-0.25, -0.2) is 4.79 Å². The van der Waals surface area contributed by atoms with E-state index in [1.165, 1.54) is 48.7 Å². The molecule has 4 atom stereocenters. The second-order valence-corrected chi connectivity index (χ2v) is 15.0. The summed E-state index contributed by atoms with van der Waals surface area (Å²) < 4.78 is 0. The largest absolute Gasteiger partial charge is 0.508 e. The zero-order valence-electron chi connectivity index (χ0n) is 33.4. The van der Waals surface area contributed by atoms with E-state index in [0.29, 0.717) is 29.5 Å². The van der Waals surface area contributed by atoms with E-state index >= 15 is 0 Å². The van der Waals surface area contributed by atoms with Gasteiger partial charge in [0.15, 0.2) is 11.6 Å². The van der Waals surface area contributed by atoms with Crippen LogP contribution in [0.1, 0.15) is 105 Å². The number of nitrogens with one attached hydrogen (secondary N) is 1. The molecular weight excluding hydrogens is 721 g/mol. The Hall–Kier alpha value is -5.77. The highest BCUT2D eigenvalue weighted by Gasteiger charge is 2.35. The monoisotopic (exact) mass is 776 g/mol. The Labute approximate surface area is 335 Å². The molecule has 0 radical (unpaired) electrons. The van der Waals surface area contributed by atoms with E-state index in [0.717, 1.165) is 43.2 Å². The molecule has 0 heterocycles. The number of likely N-dealkylation sites (N-methyl/N-ethyl adjacent to an activating group) is 1. The topological polar surface area (TPSA) is 161 Å². The molecule has 0 aliphatic rings. The number of carboxylic acid groups (broad SMARTS) is 1. The number of hydrogen-bond donors (Lipinski definition) is 4. The van der Waals surface area contributed by atoms with Gasteiger partial charge in [0.1, 0.15) is 23.6 Å². The van der Waals surface area contributed by atoms with Crippen LogP contribution in [0, 0.1) is 11.8 Å². The van der Waals surface area contributed by atoms with Crippen LogP contribution in [0.25, 0.3) is 11.1 Å². The Bertz CT molecular complexity index is 1940. The van der Waals surface area contributed by atoms with Crippen molar-refractivity contribution in [2.24, 2.45) is 11.8 Å². The maximum atomic E-state index is 14.4. The Kier molecular flexibility index (Phi) is 16.6. The molecule has 0 aromatic heterocycles. The first-order valence-corrected chi connectivity index (χ1v) is 19.9. The summed E-state index contributed by atoms with van der Waals surface area (Å²) in [7, 11) is 1.51. The van der Waals surface area contributed by atoms with E-state index in [1.54, 1.807) is 36.4 Å². The lowest BCUT2D eigenvalue weighted by molar-refractivity contribution is -0.144. The van der Waals surface area contributed by atoms with Crippen molar-refractivity contribution in [3.63, 3.8) is 0 Å². The summed E-state index contributed by atoms with van der Waals surface area (Å²) in [6, 6.07) is 25.3. The van der Waals surface area contributed by atoms with Crippen LogP contribution in [0.3, 0.4) is 0 Å². The summed E-state index contributed by atoms with van der Waals surface area (Å²) in [4.78, 5) is 68.9. The smallest absolute Gasteiger partial charge is 0.326 e. The number of aliphatic carboxylic acids is 1. The van der Waals surface area contributed by atoms with Crippen molar-refractivity contribution in [2.45, 2.75) is 97.1 Å². The first-order valence-electron chi connectivity index (χ1n) is 19.9. The highest BCUT2D eigenvalue weighted by molar-refractivity contribution is 6.00. The predicted molar refractivity (Wildman–Crippen MR) is 221 cm³/mol. The fraction of sp³-hybridized carbons (Fsp3) is 0.383. The lowest BCUT2D eigenvalue weighted by atomic mass is 9.89. The summed E-state index contributed by atoms with van der Waals surface area (Å²) in [5.74, 6) is -4.60. The number of phenolic OH excluding ortho intramolecular Hbond substituents is 2. The van der Waals surface area contributed by atoms with Crippen molar-refractivity contribution in [1.29, 1.82) is 0 Å². The summed E-state index contributed by atoms with van der Waals surface area (Å²) in [6.45, 7) is 5.74. The molecule has 0 unspecified atom stereocenters. The summed E-state index contributed by atoms with van der Waals surface area (Å²) in [5.41, 5.74) is 4.82. The minimum atomic E-state index is -1.28. The number of hydrogen-bond acceptors (Lipinski definition) is 7. The number of carbonyl (C=O) groups excluding carboxylic acids is 4. The Morgan fingerprint density at radius 3 is 1.79 bits per heavy atom. The number of phenols is 2. The van der Waals surface area contributed by atoms with Crippen molar-refractivity contribution in [3.05, 3.63) is 119 Å². The number of benzene rings is 4. The minimum Gasteiger partial charge on any atom is -0.508 e. The number of Topliss-reactive ketones (excluding diaryl/α,β-unsaturated/α-hetero) is 2. The van der Waals surface area contributed by atoms with Crippen LogP contribution in [0.5, 0.6) is 11.5 Å². The third-order valence-corrected chi connectivity index (χ3v) is 10.4. The van der Waals surface area contributed by atoms with E-state index in [4.69, 9.17) is 0 Å². The molecule has 0 fully saturated rings. The van der Waals surface area contributed by atoms with Crippen molar-refractivity contribution in [3.8, 4) is 22.6 Å². The number of unbranched alkanes of at least 4 members (excludes halogenated alkanes) is 3. The molecule has 0 spiro atoms. The number of amides is 2. The highest BCUT2D eigenvalue weighted by Crippen LogP contribution is 2.30. The van der Waals surface area contributed by atoms with E-state index in [9.17, 15) is 39.3 Å². The molecule has 0 saturated carbocycles. The first-order chi connectivity index (χ1) is 27.3. The van der Waals surface area contributed by atoms with E-state index in [1.807, 2.05) is 12.1 Å². The molecule has 0 bridgehead atoms. The average Bonchev–Trinajstić information content (AvgIpc) is 3.20. The van der Waals surface area contributed by atoms with Gasteiger partial charge < -0.3 is 25.5 Å². The SMILES string of the molecule is CCCCC[C@H](CC(=O)c1ccc(-c2ccc(CCCC)cc2)cc1)C(=O)N(C)[C@H](C(=O)C[C@@H](C)C(=O)N[C@@H](Cc1ccc(O)cc1)C(=O)O)c1ccc(O)cc1. The number of ketones is 2. The maximum Gasteiger partial charge on any atom is 0.326 e. The summed E-state index contributed by atoms with van der Waals surface area (Å²) in [6.07, 6.45) is 5.85. The number of nitrogens with zero attached hydrogens (tertiary/aromatic N) is 1. The van der Waals surface area contributed by atoms with E-state index in [2.05, 4.69) is 43.4 Å². The van der Waals surface area contributed by atoms with E-state index < -0.39 is 41.6 Å². The Balaban J connectivity index is 1.50. The molecule has 0 saturated heterocycles. The van der Waals surface area contributed by atoms with Crippen molar-refractivity contribution in [1.82, 2.24) is 10.2 Å². The lowest BCUT2D eigenvalue weighted by Crippen LogP contribution is -2.45. The molecular formula is C47H56N2O8. The van der Waals surface area contributed by atoms with Gasteiger partial charge in [0.2, 0.25) is 11.8 Å². The third kappa shape index (κ3) is 12.9. The van der Waals surface area contributed by atoms with Crippen molar-refractivity contribution in [2.75, 3.05) is 7.05 Å². The zero-order chi connectivity index (χ0) is 41.5. The first kappa shape index (κ1) is 44.0. The number of aromatic hydroxyl groups is 2. The van der Waals surface area contributed by atoms with Gasteiger partial charge in [0.05, 0.1) is 0 Å². The summed E-state index contributed by atoms with van der Waals surface area (Å²) in [5, 5.41) is 31.9. The Morgan fingerprint density at radius 1 is 0.684 bits per heavy atom. The third-order valence-electron chi connectivity index (χ3n) is 10.4. The molecule has 10 heteroatoms. The number of aryl methyl sites for hydroxylation is 1. The van der Waals surface area contributed by atoms with Gasteiger partial charge in [-0.3, -0.25) is 19.2 Å². The normalized spacial score (nSPS) is 13.2. The molecule has 302 valence electrons. The van der Waals surface area contributed by atoms with E-state index in [-0.39, 0.29) is 42.5 Å². The fourth-order valence-electron chi connectivity index (χ4n) is 6.97. The second-order valence-electron chi connectivity index (χ2n) is 15.0. The molecule has 0 aliphatic heterocycles. The van der Waals surface area contributed by atoms with Gasteiger partial charge in [-0.05, 0) is 71.3 Å². The van der Waals surface area contributed by atoms with Crippen molar-refractivity contribution < 1.29 is 39.3 Å². The van der Waals surface area contributed by atoms with Crippen LogP contribution in [-0.2, 0) is 32.0 Å². The lowest BCUT2D eigenvalue weighted by Gasteiger charge is -2.31. The van der Waals surface area contributed by atoms with Gasteiger partial charge in [-0.1, -0.05) is 119 Å². The molecule has 4 rings (SSSR count). The van der Waals surface area contributed by atoms with Gasteiger partial charge in [-0.2, -0.15) is 0 Å².